The minimum absolute atomic E-state index is 0.586. The van der Waals surface area contributed by atoms with Gasteiger partial charge >= 0.3 is 5.97 Å². The lowest BCUT2D eigenvalue weighted by Gasteiger charge is -1.93. The van der Waals surface area contributed by atoms with E-state index in [-0.39, 0.29) is 0 Å². The quantitative estimate of drug-likeness (QED) is 0.315. The van der Waals surface area contributed by atoms with Gasteiger partial charge in [-0.25, -0.2) is 4.79 Å². The molecule has 8 heavy (non-hydrogen) atoms. The van der Waals surface area contributed by atoms with Crippen LogP contribution in [-0.2, 0) is 9.63 Å². The molecule has 0 fully saturated rings. The lowest BCUT2D eigenvalue weighted by Crippen LogP contribution is -2.10. The Bertz CT molecular complexity index is 111. The molecule has 0 bridgehead atoms. The van der Waals surface area contributed by atoms with Gasteiger partial charge in [0.25, 0.3) is 0 Å². The molecule has 0 saturated heterocycles. The molecule has 0 aromatic rings. The van der Waals surface area contributed by atoms with Crippen LogP contribution in [0.5, 0.6) is 0 Å². The van der Waals surface area contributed by atoms with Crippen LogP contribution in [0, 0.1) is 0 Å². The topological polar surface area (TPSA) is 50.7 Å². The highest BCUT2D eigenvalue weighted by atomic mass is 16.7. The van der Waals surface area contributed by atoms with Crippen LogP contribution in [0.1, 0.15) is 0 Å². The van der Waals surface area contributed by atoms with Crippen molar-refractivity contribution in [2.24, 2.45) is 5.10 Å². The molecule has 0 aliphatic carbocycles. The van der Waals surface area contributed by atoms with Crippen molar-refractivity contribution in [3.8, 4) is 0 Å². The largest absolute Gasteiger partial charge is 0.357 e. The summed E-state index contributed by atoms with van der Waals surface area (Å²) in [6.45, 7) is 6.13. The second-order valence-electron chi connectivity index (χ2n) is 0.875. The molecule has 0 radical (unpaired) electrons. The average Bonchev–Trinajstić information content (AvgIpc) is 1.83. The first-order valence-corrected chi connectivity index (χ1v) is 1.85. The lowest BCUT2D eigenvalue weighted by molar-refractivity contribution is -0.144. The molecule has 0 unspecified atom stereocenters. The molecule has 0 rings (SSSR count). The summed E-state index contributed by atoms with van der Waals surface area (Å²) in [5, 5.41) is 3.03. The third kappa shape index (κ3) is 2.89. The first kappa shape index (κ1) is 6.68. The van der Waals surface area contributed by atoms with Crippen molar-refractivity contribution < 1.29 is 9.63 Å². The van der Waals surface area contributed by atoms with Gasteiger partial charge in [-0.1, -0.05) is 6.58 Å². The lowest BCUT2D eigenvalue weighted by atomic mass is 10.7. The van der Waals surface area contributed by atoms with Gasteiger partial charge in [0.15, 0.2) is 0 Å². The monoisotopic (exact) mass is 114 g/mol. The fraction of sp³-hybridized carbons (Fsp3) is 0. The number of hydrazone groups is 1. The van der Waals surface area contributed by atoms with E-state index in [0.29, 0.717) is 0 Å². The van der Waals surface area contributed by atoms with E-state index in [0.717, 1.165) is 6.08 Å². The summed E-state index contributed by atoms with van der Waals surface area (Å²) in [6.07, 6.45) is 1.01. The van der Waals surface area contributed by atoms with E-state index in [1.54, 1.807) is 0 Å². The van der Waals surface area contributed by atoms with E-state index in [2.05, 4.69) is 23.2 Å². The zero-order valence-corrected chi connectivity index (χ0v) is 4.26. The fourth-order valence-corrected chi connectivity index (χ4v) is 0.119. The molecule has 44 valence electrons. The fourth-order valence-electron chi connectivity index (χ4n) is 0.119. The maximum absolute atomic E-state index is 10.1. The Kier molecular flexibility index (Phi) is 3.22. The summed E-state index contributed by atoms with van der Waals surface area (Å²) in [5.41, 5.74) is 1.89. The summed E-state index contributed by atoms with van der Waals surface area (Å²) in [5.74, 6) is -0.586. The summed E-state index contributed by atoms with van der Waals surface area (Å²) in [4.78, 5) is 14.2. The average molecular weight is 114 g/mol. The van der Waals surface area contributed by atoms with Gasteiger partial charge in [0.05, 0.1) is 0 Å². The van der Waals surface area contributed by atoms with Gasteiger partial charge in [-0.15, -0.1) is 5.59 Å². The number of rotatable bonds is 3. The van der Waals surface area contributed by atoms with Crippen molar-refractivity contribution in [2.45, 2.75) is 0 Å². The van der Waals surface area contributed by atoms with Crippen molar-refractivity contribution in [1.82, 2.24) is 5.59 Å². The normalized spacial score (nSPS) is 7.00. The van der Waals surface area contributed by atoms with Crippen molar-refractivity contribution in [2.75, 3.05) is 0 Å². The molecule has 0 atom stereocenters. The number of carbonyl (C=O) groups is 1. The standard InChI is InChI=1S/C4H6N2O2/c1-3-4(7)8-6-5-2/h3,6H,1-2H2. The maximum Gasteiger partial charge on any atom is 0.357 e. The molecular formula is C4H6N2O2. The highest BCUT2D eigenvalue weighted by molar-refractivity contribution is 5.80. The molecule has 0 aliphatic heterocycles. The number of hydrogen-bond acceptors (Lipinski definition) is 4. The summed E-state index contributed by atoms with van der Waals surface area (Å²) in [7, 11) is 0. The van der Waals surface area contributed by atoms with Crippen molar-refractivity contribution in [3.63, 3.8) is 0 Å². The van der Waals surface area contributed by atoms with E-state index < -0.39 is 5.97 Å². The molecule has 0 heterocycles. The van der Waals surface area contributed by atoms with Gasteiger partial charge in [-0.2, -0.15) is 5.10 Å². The van der Waals surface area contributed by atoms with Gasteiger partial charge in [0.1, 0.15) is 0 Å². The summed E-state index contributed by atoms with van der Waals surface area (Å²) < 4.78 is 0. The Balaban J connectivity index is 3.24. The molecule has 0 aliphatic rings. The molecule has 4 heteroatoms. The highest BCUT2D eigenvalue weighted by Crippen LogP contribution is 1.70. The van der Waals surface area contributed by atoms with Gasteiger partial charge < -0.3 is 4.84 Å². The first-order chi connectivity index (χ1) is 3.81. The van der Waals surface area contributed by atoms with E-state index in [9.17, 15) is 4.79 Å². The molecule has 1 N–H and O–H groups in total. The first-order valence-electron chi connectivity index (χ1n) is 1.85. The van der Waals surface area contributed by atoms with Crippen LogP contribution in [0.15, 0.2) is 17.8 Å². The second-order valence-corrected chi connectivity index (χ2v) is 0.875. The van der Waals surface area contributed by atoms with E-state index in [1.807, 2.05) is 5.59 Å². The van der Waals surface area contributed by atoms with Crippen LogP contribution in [-0.4, -0.2) is 12.7 Å². The van der Waals surface area contributed by atoms with Gasteiger partial charge in [0.2, 0.25) is 0 Å². The zero-order chi connectivity index (χ0) is 6.41. The molecule has 0 saturated carbocycles. The number of carbonyl (C=O) groups excluding carboxylic acids is 1. The Morgan fingerprint density at radius 2 is 2.50 bits per heavy atom. The minimum atomic E-state index is -0.586. The number of nitrogens with zero attached hydrogens (tertiary/aromatic N) is 1. The summed E-state index contributed by atoms with van der Waals surface area (Å²) >= 11 is 0. The SMILES string of the molecule is C=CC(=O)ONN=C. The van der Waals surface area contributed by atoms with Crippen LogP contribution in [0.2, 0.25) is 0 Å². The highest BCUT2D eigenvalue weighted by Gasteiger charge is 1.88. The smallest absolute Gasteiger partial charge is 0.322 e. The third-order valence-corrected chi connectivity index (χ3v) is 0.377. The Morgan fingerprint density at radius 1 is 1.88 bits per heavy atom. The second kappa shape index (κ2) is 3.86. The predicted molar refractivity (Wildman–Crippen MR) is 29.0 cm³/mol. The maximum atomic E-state index is 10.1. The number of hydrogen-bond donors (Lipinski definition) is 1. The minimum Gasteiger partial charge on any atom is -0.322 e. The zero-order valence-electron chi connectivity index (χ0n) is 4.26. The molecule has 0 aromatic heterocycles. The summed E-state index contributed by atoms with van der Waals surface area (Å²) in [6, 6.07) is 0. The predicted octanol–water partition coefficient (Wildman–Crippen LogP) is -0.164. The van der Waals surface area contributed by atoms with Crippen LogP contribution in [0.25, 0.3) is 0 Å². The van der Waals surface area contributed by atoms with Gasteiger partial charge in [0, 0.05) is 12.8 Å². The van der Waals surface area contributed by atoms with Crippen molar-refractivity contribution in [3.05, 3.63) is 12.7 Å². The molecule has 0 amide bonds. The molecular weight excluding hydrogens is 108 g/mol. The Labute approximate surface area is 46.8 Å². The van der Waals surface area contributed by atoms with Crippen LogP contribution < -0.4 is 5.59 Å². The van der Waals surface area contributed by atoms with E-state index >= 15 is 0 Å². The molecule has 4 nitrogen and oxygen atoms in total. The molecule has 0 spiro atoms. The third-order valence-electron chi connectivity index (χ3n) is 0.377. The molecule has 0 aromatic carbocycles. The number of nitrogens with one attached hydrogen (secondary N) is 1. The Hall–Kier alpha value is -1.32. The van der Waals surface area contributed by atoms with Crippen LogP contribution in [0.3, 0.4) is 0 Å². The Morgan fingerprint density at radius 3 is 2.88 bits per heavy atom. The van der Waals surface area contributed by atoms with E-state index in [4.69, 9.17) is 0 Å². The van der Waals surface area contributed by atoms with Crippen molar-refractivity contribution in [1.29, 1.82) is 0 Å². The van der Waals surface area contributed by atoms with Gasteiger partial charge in [-0.3, -0.25) is 0 Å². The van der Waals surface area contributed by atoms with E-state index in [1.165, 1.54) is 0 Å². The van der Waals surface area contributed by atoms with Crippen LogP contribution >= 0.6 is 0 Å². The van der Waals surface area contributed by atoms with Crippen LogP contribution in [0.4, 0.5) is 0 Å². The van der Waals surface area contributed by atoms with Crippen molar-refractivity contribution >= 4 is 12.7 Å². The van der Waals surface area contributed by atoms with Gasteiger partial charge in [-0.05, 0) is 0 Å².